The second-order valence-electron chi connectivity index (χ2n) is 4.31. The van der Waals surface area contributed by atoms with Gasteiger partial charge in [0.2, 0.25) is 0 Å². The van der Waals surface area contributed by atoms with Crippen molar-refractivity contribution >= 4 is 12.4 Å². The van der Waals surface area contributed by atoms with E-state index in [0.717, 1.165) is 0 Å². The van der Waals surface area contributed by atoms with Gasteiger partial charge in [0.1, 0.15) is 0 Å². The lowest BCUT2D eigenvalue weighted by atomic mass is 9.94. The lowest BCUT2D eigenvalue weighted by Gasteiger charge is -2.25. The predicted octanol–water partition coefficient (Wildman–Crippen LogP) is 4.07. The van der Waals surface area contributed by atoms with E-state index < -0.39 is 47.4 Å². The minimum Gasteiger partial charge on any atom is -0.382 e. The highest BCUT2D eigenvalue weighted by atomic mass is 35.5. The molecule has 0 spiro atoms. The van der Waals surface area contributed by atoms with Crippen molar-refractivity contribution in [3.05, 3.63) is 34.9 Å². The van der Waals surface area contributed by atoms with Crippen LogP contribution in [0.25, 0.3) is 0 Å². The Labute approximate surface area is 129 Å². The first-order valence-corrected chi connectivity index (χ1v) is 5.44. The number of hydrogen-bond acceptors (Lipinski definition) is 2. The molecule has 2 atom stereocenters. The van der Waals surface area contributed by atoms with Gasteiger partial charge in [0.25, 0.3) is 0 Å². The van der Waals surface area contributed by atoms with Gasteiger partial charge in [0.05, 0.1) is 17.2 Å². The molecule has 1 aromatic rings. The van der Waals surface area contributed by atoms with E-state index in [-0.39, 0.29) is 30.6 Å². The average molecular weight is 378 g/mol. The first-order valence-electron chi connectivity index (χ1n) is 5.44. The molecule has 0 saturated heterocycles. The van der Waals surface area contributed by atoms with Crippen LogP contribution < -0.4 is 5.73 Å². The maximum Gasteiger partial charge on any atom is 0.416 e. The molecular weight excluding hydrogens is 369 g/mol. The second kappa shape index (κ2) is 6.73. The monoisotopic (exact) mass is 377 g/mol. The minimum absolute atomic E-state index is 0. The summed E-state index contributed by atoms with van der Waals surface area (Å²) in [6.45, 7) is 0. The number of alkyl halides is 9. The standard InChI is InChI=1S/C11H8F9NO.ClH/c12-9(13,14)4-1-2-5(6(3-4)10(15,16)17)7(21)8(22)11(18,19)20;/h1-3,7-8,22H,21H2;1H/t7-,8-;/m1./s1. The molecule has 134 valence electrons. The van der Waals surface area contributed by atoms with Crippen molar-refractivity contribution in [1.29, 1.82) is 0 Å². The zero-order valence-electron chi connectivity index (χ0n) is 10.7. The molecule has 0 unspecified atom stereocenters. The first kappa shape index (κ1) is 21.8. The van der Waals surface area contributed by atoms with E-state index >= 15 is 0 Å². The molecule has 0 bridgehead atoms. The van der Waals surface area contributed by atoms with Gasteiger partial charge in [-0.05, 0) is 17.7 Å². The van der Waals surface area contributed by atoms with Crippen LogP contribution >= 0.6 is 12.4 Å². The van der Waals surface area contributed by atoms with Crippen LogP contribution in [0.2, 0.25) is 0 Å². The van der Waals surface area contributed by atoms with Crippen molar-refractivity contribution < 1.29 is 44.6 Å². The second-order valence-corrected chi connectivity index (χ2v) is 4.31. The Bertz CT molecular complexity index is 538. The molecule has 0 aliphatic heterocycles. The summed E-state index contributed by atoms with van der Waals surface area (Å²) in [5, 5.41) is 8.89. The number of aliphatic hydroxyl groups excluding tert-OH is 1. The summed E-state index contributed by atoms with van der Waals surface area (Å²) in [6.07, 6.45) is -19.2. The Balaban J connectivity index is 0.00000484. The summed E-state index contributed by atoms with van der Waals surface area (Å²) >= 11 is 0. The molecule has 0 heterocycles. The summed E-state index contributed by atoms with van der Waals surface area (Å²) in [7, 11) is 0. The molecule has 23 heavy (non-hydrogen) atoms. The van der Waals surface area contributed by atoms with Gasteiger partial charge in [-0.1, -0.05) is 6.07 Å². The van der Waals surface area contributed by atoms with Crippen LogP contribution in [0.1, 0.15) is 22.7 Å². The third-order valence-electron chi connectivity index (χ3n) is 2.72. The number of nitrogens with two attached hydrogens (primary N) is 1. The van der Waals surface area contributed by atoms with Gasteiger partial charge >= 0.3 is 18.5 Å². The Morgan fingerprint density at radius 3 is 1.70 bits per heavy atom. The normalized spacial score (nSPS) is 15.8. The van der Waals surface area contributed by atoms with E-state index in [1.165, 1.54) is 0 Å². The summed E-state index contributed by atoms with van der Waals surface area (Å²) in [5.74, 6) is 0. The van der Waals surface area contributed by atoms with Gasteiger partial charge in [-0.2, -0.15) is 39.5 Å². The number of rotatable bonds is 2. The topological polar surface area (TPSA) is 46.2 Å². The Morgan fingerprint density at radius 2 is 1.35 bits per heavy atom. The Kier molecular flexibility index (Phi) is 6.38. The molecule has 1 aromatic carbocycles. The van der Waals surface area contributed by atoms with E-state index in [1.807, 2.05) is 0 Å². The zero-order chi connectivity index (χ0) is 17.5. The smallest absolute Gasteiger partial charge is 0.382 e. The quantitative estimate of drug-likeness (QED) is 0.763. The number of halogens is 10. The lowest BCUT2D eigenvalue weighted by Crippen LogP contribution is -2.39. The van der Waals surface area contributed by atoms with E-state index in [9.17, 15) is 39.5 Å². The highest BCUT2D eigenvalue weighted by Gasteiger charge is 2.46. The van der Waals surface area contributed by atoms with Crippen LogP contribution in [0.4, 0.5) is 39.5 Å². The molecule has 3 N–H and O–H groups in total. The maximum atomic E-state index is 12.8. The number of hydrogen-bond donors (Lipinski definition) is 2. The molecule has 0 amide bonds. The van der Waals surface area contributed by atoms with Gasteiger partial charge in [-0.25, -0.2) is 0 Å². The van der Waals surface area contributed by atoms with Gasteiger partial charge in [0, 0.05) is 0 Å². The lowest BCUT2D eigenvalue weighted by molar-refractivity contribution is -0.211. The largest absolute Gasteiger partial charge is 0.416 e. The molecule has 0 aromatic heterocycles. The van der Waals surface area contributed by atoms with Crippen LogP contribution in [0, 0.1) is 0 Å². The van der Waals surface area contributed by atoms with E-state index in [4.69, 9.17) is 10.8 Å². The zero-order valence-corrected chi connectivity index (χ0v) is 11.5. The van der Waals surface area contributed by atoms with E-state index in [0.29, 0.717) is 0 Å². The molecule has 0 fully saturated rings. The fraction of sp³-hybridized carbons (Fsp3) is 0.455. The SMILES string of the molecule is Cl.N[C@H](c1ccc(C(F)(F)F)cc1C(F)(F)F)[C@@H](O)C(F)(F)F. The van der Waals surface area contributed by atoms with E-state index in [2.05, 4.69) is 0 Å². The summed E-state index contributed by atoms with van der Waals surface area (Å²) in [5.41, 5.74) is -0.0415. The summed E-state index contributed by atoms with van der Waals surface area (Å²) in [4.78, 5) is 0. The van der Waals surface area contributed by atoms with Gasteiger partial charge in [-0.3, -0.25) is 0 Å². The Morgan fingerprint density at radius 1 is 0.870 bits per heavy atom. The van der Waals surface area contributed by atoms with Crippen molar-refractivity contribution in [2.45, 2.75) is 30.7 Å². The third kappa shape index (κ3) is 5.15. The van der Waals surface area contributed by atoms with Crippen LogP contribution in [0.15, 0.2) is 18.2 Å². The van der Waals surface area contributed by atoms with Crippen LogP contribution in [-0.2, 0) is 12.4 Å². The molecule has 1 rings (SSSR count). The van der Waals surface area contributed by atoms with Crippen LogP contribution in [-0.4, -0.2) is 17.4 Å². The molecule has 2 nitrogen and oxygen atoms in total. The van der Waals surface area contributed by atoms with Crippen molar-refractivity contribution in [2.75, 3.05) is 0 Å². The highest BCUT2D eigenvalue weighted by molar-refractivity contribution is 5.85. The van der Waals surface area contributed by atoms with Crippen molar-refractivity contribution in [3.63, 3.8) is 0 Å². The fourth-order valence-electron chi connectivity index (χ4n) is 1.64. The van der Waals surface area contributed by atoms with Gasteiger partial charge in [-0.15, -0.1) is 12.4 Å². The number of aliphatic hydroxyl groups is 1. The highest BCUT2D eigenvalue weighted by Crippen LogP contribution is 2.40. The molecule has 0 saturated carbocycles. The van der Waals surface area contributed by atoms with Crippen LogP contribution in [0.5, 0.6) is 0 Å². The molecule has 0 radical (unpaired) electrons. The minimum atomic E-state index is -5.38. The van der Waals surface area contributed by atoms with Crippen molar-refractivity contribution in [3.8, 4) is 0 Å². The van der Waals surface area contributed by atoms with Crippen LogP contribution in [0.3, 0.4) is 0 Å². The molecule has 12 heteroatoms. The fourth-order valence-corrected chi connectivity index (χ4v) is 1.64. The molecule has 0 aliphatic rings. The maximum absolute atomic E-state index is 12.8. The molecule has 0 aliphatic carbocycles. The number of benzene rings is 1. The summed E-state index contributed by atoms with van der Waals surface area (Å²) in [6, 6.07) is -2.60. The van der Waals surface area contributed by atoms with Gasteiger partial charge in [0.15, 0.2) is 6.10 Å². The Hall–Kier alpha value is -1.20. The average Bonchev–Trinajstić information content (AvgIpc) is 2.33. The summed E-state index contributed by atoms with van der Waals surface area (Å²) < 4.78 is 112. The van der Waals surface area contributed by atoms with Crippen molar-refractivity contribution in [1.82, 2.24) is 0 Å². The predicted molar refractivity (Wildman–Crippen MR) is 62.7 cm³/mol. The van der Waals surface area contributed by atoms with Crippen molar-refractivity contribution in [2.24, 2.45) is 5.73 Å². The van der Waals surface area contributed by atoms with Gasteiger partial charge < -0.3 is 10.8 Å². The first-order chi connectivity index (χ1) is 9.65. The van der Waals surface area contributed by atoms with E-state index in [1.54, 1.807) is 0 Å². The third-order valence-corrected chi connectivity index (χ3v) is 2.72. The molecular formula is C11H9ClF9NO.